The van der Waals surface area contributed by atoms with Crippen molar-refractivity contribution in [2.45, 2.75) is 13.1 Å². The Hall–Kier alpha value is -1.51. The molecule has 0 saturated carbocycles. The number of carbonyl (C=O) groups excluding carboxylic acids is 1. The lowest BCUT2D eigenvalue weighted by Gasteiger charge is -2.23. The van der Waals surface area contributed by atoms with Gasteiger partial charge in [0.25, 0.3) is 0 Å². The molecule has 2 heterocycles. The van der Waals surface area contributed by atoms with Gasteiger partial charge in [0, 0.05) is 11.9 Å². The number of nitrogens with one attached hydrogen (secondary N) is 1. The van der Waals surface area contributed by atoms with E-state index in [4.69, 9.17) is 0 Å². The Morgan fingerprint density at radius 3 is 3.08 bits per heavy atom. The van der Waals surface area contributed by atoms with E-state index in [-0.39, 0.29) is 6.17 Å². The maximum Gasteiger partial charge on any atom is 0.167 e. The van der Waals surface area contributed by atoms with Gasteiger partial charge < -0.3 is 10.2 Å². The number of aldehydes is 1. The van der Waals surface area contributed by atoms with E-state index in [1.165, 1.54) is 0 Å². The van der Waals surface area contributed by atoms with Gasteiger partial charge in [0.2, 0.25) is 0 Å². The van der Waals surface area contributed by atoms with Crippen LogP contribution < -0.4 is 5.32 Å². The molecule has 0 aromatic carbocycles. The molecule has 0 amide bonds. The maximum atomic E-state index is 10.6. The first-order valence-corrected chi connectivity index (χ1v) is 3.89. The maximum absolute atomic E-state index is 10.6. The Bertz CT molecular complexity index is 302. The molecule has 3 nitrogen and oxygen atoms in total. The van der Waals surface area contributed by atoms with E-state index in [1.54, 1.807) is 0 Å². The van der Waals surface area contributed by atoms with E-state index in [9.17, 15) is 4.79 Å². The third kappa shape index (κ3) is 0.863. The van der Waals surface area contributed by atoms with Crippen molar-refractivity contribution < 1.29 is 4.79 Å². The molecule has 3 heteroatoms. The van der Waals surface area contributed by atoms with Gasteiger partial charge in [0.15, 0.2) is 6.29 Å². The molecule has 12 heavy (non-hydrogen) atoms. The predicted octanol–water partition coefficient (Wildman–Crippen LogP) is 0.732. The zero-order chi connectivity index (χ0) is 8.55. The quantitative estimate of drug-likeness (QED) is 0.577. The van der Waals surface area contributed by atoms with Crippen molar-refractivity contribution >= 4 is 6.29 Å². The summed E-state index contributed by atoms with van der Waals surface area (Å²) in [5, 5.41) is 3.09. The Balaban J connectivity index is 2.33. The van der Waals surface area contributed by atoms with Gasteiger partial charge in [0.1, 0.15) is 6.17 Å². The van der Waals surface area contributed by atoms with Crippen molar-refractivity contribution in [1.29, 1.82) is 0 Å². The average Bonchev–Trinajstić information content (AvgIpc) is 2.44. The van der Waals surface area contributed by atoms with E-state index in [1.807, 2.05) is 36.3 Å². The highest BCUT2D eigenvalue weighted by Gasteiger charge is 2.25. The molecule has 0 aromatic heterocycles. The molecule has 0 aliphatic carbocycles. The van der Waals surface area contributed by atoms with Crippen LogP contribution in [-0.4, -0.2) is 17.4 Å². The molecule has 1 N–H and O–H groups in total. The lowest BCUT2D eigenvalue weighted by Crippen LogP contribution is -2.32. The number of nitrogens with zero attached hydrogens (tertiary/aromatic N) is 1. The smallest absolute Gasteiger partial charge is 0.167 e. The molecule has 0 radical (unpaired) electrons. The highest BCUT2D eigenvalue weighted by Crippen LogP contribution is 2.21. The van der Waals surface area contributed by atoms with Crippen LogP contribution in [0.5, 0.6) is 0 Å². The molecule has 0 fully saturated rings. The molecule has 1 atom stereocenters. The number of rotatable bonds is 1. The molecule has 2 aliphatic rings. The first-order chi connectivity index (χ1) is 5.83. The second-order valence-corrected chi connectivity index (χ2v) is 2.84. The van der Waals surface area contributed by atoms with Crippen LogP contribution in [0.15, 0.2) is 35.8 Å². The van der Waals surface area contributed by atoms with E-state index in [0.29, 0.717) is 5.70 Å². The second kappa shape index (κ2) is 2.52. The van der Waals surface area contributed by atoms with Crippen LogP contribution in [-0.2, 0) is 4.79 Å². The molecule has 1 unspecified atom stereocenters. The van der Waals surface area contributed by atoms with Crippen molar-refractivity contribution in [2.24, 2.45) is 0 Å². The summed E-state index contributed by atoms with van der Waals surface area (Å²) >= 11 is 0. The molecule has 0 aromatic rings. The third-order valence-electron chi connectivity index (χ3n) is 2.15. The van der Waals surface area contributed by atoms with Crippen molar-refractivity contribution in [3.63, 3.8) is 0 Å². The zero-order valence-electron chi connectivity index (χ0n) is 6.82. The summed E-state index contributed by atoms with van der Waals surface area (Å²) in [5.41, 5.74) is 1.66. The summed E-state index contributed by atoms with van der Waals surface area (Å²) in [6.45, 7) is 1.93. The number of hydrogen-bond donors (Lipinski definition) is 1. The highest BCUT2D eigenvalue weighted by molar-refractivity contribution is 5.74. The van der Waals surface area contributed by atoms with Crippen LogP contribution in [0.4, 0.5) is 0 Å². The van der Waals surface area contributed by atoms with Gasteiger partial charge in [-0.05, 0) is 19.1 Å². The highest BCUT2D eigenvalue weighted by atomic mass is 16.1. The first kappa shape index (κ1) is 7.16. The first-order valence-electron chi connectivity index (χ1n) is 3.89. The van der Waals surface area contributed by atoms with Gasteiger partial charge in [-0.25, -0.2) is 0 Å². The Morgan fingerprint density at radius 1 is 1.58 bits per heavy atom. The lowest BCUT2D eigenvalue weighted by atomic mass is 10.3. The minimum atomic E-state index is 0.134. The zero-order valence-corrected chi connectivity index (χ0v) is 6.82. The summed E-state index contributed by atoms with van der Waals surface area (Å²) in [4.78, 5) is 12.6. The van der Waals surface area contributed by atoms with Crippen LogP contribution in [0, 0.1) is 0 Å². The molecule has 0 bridgehead atoms. The topological polar surface area (TPSA) is 32.3 Å². The van der Waals surface area contributed by atoms with Gasteiger partial charge in [-0.1, -0.05) is 6.08 Å². The van der Waals surface area contributed by atoms with Crippen molar-refractivity contribution in [3.8, 4) is 0 Å². The van der Waals surface area contributed by atoms with E-state index >= 15 is 0 Å². The molecule has 0 saturated heterocycles. The average molecular weight is 162 g/mol. The lowest BCUT2D eigenvalue weighted by molar-refractivity contribution is -0.105. The minimum absolute atomic E-state index is 0.134. The van der Waals surface area contributed by atoms with Crippen molar-refractivity contribution in [1.82, 2.24) is 10.2 Å². The molecule has 62 valence electrons. The number of carbonyl (C=O) groups is 1. The van der Waals surface area contributed by atoms with Gasteiger partial charge in [0.05, 0.1) is 5.70 Å². The SMILES string of the molecule is CC1=C(C=O)NC2C=CC=CN12. The minimum Gasteiger partial charge on any atom is -0.358 e. The van der Waals surface area contributed by atoms with Gasteiger partial charge in [-0.2, -0.15) is 0 Å². The summed E-state index contributed by atoms with van der Waals surface area (Å²) in [6, 6.07) is 0. The fraction of sp³-hybridized carbons (Fsp3) is 0.222. The van der Waals surface area contributed by atoms with Crippen LogP contribution in [0.2, 0.25) is 0 Å². The fourth-order valence-corrected chi connectivity index (χ4v) is 1.46. The standard InChI is InChI=1S/C9H10N2O/c1-7-8(6-12)10-9-4-2-3-5-11(7)9/h2-6,9-10H,1H3. The molecule has 0 spiro atoms. The third-order valence-corrected chi connectivity index (χ3v) is 2.15. The van der Waals surface area contributed by atoms with E-state index in [2.05, 4.69) is 5.32 Å². The van der Waals surface area contributed by atoms with Crippen LogP contribution in [0.25, 0.3) is 0 Å². The molecule has 2 rings (SSSR count). The Labute approximate surface area is 71.0 Å². The van der Waals surface area contributed by atoms with Crippen LogP contribution >= 0.6 is 0 Å². The number of fused-ring (bicyclic) bond motifs is 1. The largest absolute Gasteiger partial charge is 0.358 e. The van der Waals surface area contributed by atoms with Crippen molar-refractivity contribution in [2.75, 3.05) is 0 Å². The van der Waals surface area contributed by atoms with Crippen LogP contribution in [0.3, 0.4) is 0 Å². The fourth-order valence-electron chi connectivity index (χ4n) is 1.46. The number of hydrogen-bond acceptors (Lipinski definition) is 3. The number of allylic oxidation sites excluding steroid dienone is 4. The van der Waals surface area contributed by atoms with Crippen LogP contribution in [0.1, 0.15) is 6.92 Å². The summed E-state index contributed by atoms with van der Waals surface area (Å²) < 4.78 is 0. The summed E-state index contributed by atoms with van der Waals surface area (Å²) in [7, 11) is 0. The molecule has 2 aliphatic heterocycles. The van der Waals surface area contributed by atoms with E-state index in [0.717, 1.165) is 12.0 Å². The van der Waals surface area contributed by atoms with E-state index < -0.39 is 0 Å². The normalized spacial score (nSPS) is 25.8. The van der Waals surface area contributed by atoms with Gasteiger partial charge in [-0.3, -0.25) is 4.79 Å². The van der Waals surface area contributed by atoms with Gasteiger partial charge >= 0.3 is 0 Å². The Kier molecular flexibility index (Phi) is 1.50. The second-order valence-electron chi connectivity index (χ2n) is 2.84. The summed E-state index contributed by atoms with van der Waals surface area (Å²) in [5.74, 6) is 0. The summed E-state index contributed by atoms with van der Waals surface area (Å²) in [6.07, 6.45) is 8.89. The van der Waals surface area contributed by atoms with Gasteiger partial charge in [-0.15, -0.1) is 0 Å². The molecular weight excluding hydrogens is 152 g/mol. The van der Waals surface area contributed by atoms with Crippen molar-refractivity contribution in [3.05, 3.63) is 35.8 Å². The molecular formula is C9H10N2O. The Morgan fingerprint density at radius 2 is 2.42 bits per heavy atom. The predicted molar refractivity (Wildman–Crippen MR) is 45.8 cm³/mol. The monoisotopic (exact) mass is 162 g/mol.